The predicted molar refractivity (Wildman–Crippen MR) is 118 cm³/mol. The number of carbonyl (C=O) groups excluding carboxylic acids is 1. The molecule has 0 spiro atoms. The van der Waals surface area contributed by atoms with E-state index < -0.39 is 11.9 Å². The Kier molecular flexibility index (Phi) is 3.22. The SMILES string of the molecule is O=C(O)c1ccc2c3ccc4c5c(ccc(c6ccc(C(=O)O)c1c26)c53)C(O)=BC4=O. The van der Waals surface area contributed by atoms with E-state index in [1.54, 1.807) is 30.3 Å². The Bertz CT molecular complexity index is 1640. The molecule has 0 unspecified atom stereocenters. The van der Waals surface area contributed by atoms with Gasteiger partial charge in [0.15, 0.2) is 0 Å². The summed E-state index contributed by atoms with van der Waals surface area (Å²) in [4.78, 5) is 36.3. The Morgan fingerprint density at radius 3 is 1.58 bits per heavy atom. The fourth-order valence-corrected chi connectivity index (χ4v) is 4.94. The van der Waals surface area contributed by atoms with E-state index in [1.165, 1.54) is 19.1 Å². The summed E-state index contributed by atoms with van der Waals surface area (Å²) < 4.78 is 0. The topological polar surface area (TPSA) is 112 Å². The standard InChI is InChI=1S/C24H11BO6/c26-21-13-5-1-9-11-3-7-15(23(28)29)20-16(24(30)31)8-4-12(18(11)20)10-2-6-14(22(27)25-21)19(13)17(9)10/h1-8,26H,(H,28,29)(H,30,31). The minimum absolute atomic E-state index is 0.0807. The molecule has 0 saturated carbocycles. The fourth-order valence-electron chi connectivity index (χ4n) is 4.94. The average molecular weight is 406 g/mol. The van der Waals surface area contributed by atoms with E-state index in [9.17, 15) is 29.7 Å². The number of hydrogen-bond acceptors (Lipinski definition) is 4. The van der Waals surface area contributed by atoms with Gasteiger partial charge in [-0.05, 0) is 0 Å². The molecule has 0 bridgehead atoms. The van der Waals surface area contributed by atoms with Crippen LogP contribution < -0.4 is 0 Å². The van der Waals surface area contributed by atoms with Crippen LogP contribution in [0.2, 0.25) is 0 Å². The Morgan fingerprint density at radius 2 is 1.06 bits per heavy atom. The molecule has 6 nitrogen and oxygen atoms in total. The van der Waals surface area contributed by atoms with E-state index in [0.717, 1.165) is 16.2 Å². The van der Waals surface area contributed by atoms with Gasteiger partial charge in [0, 0.05) is 0 Å². The van der Waals surface area contributed by atoms with E-state index in [-0.39, 0.29) is 27.8 Å². The van der Waals surface area contributed by atoms with Crippen molar-refractivity contribution in [2.75, 3.05) is 0 Å². The molecule has 31 heavy (non-hydrogen) atoms. The molecule has 1 aliphatic heterocycles. The summed E-state index contributed by atoms with van der Waals surface area (Å²) in [5, 5.41) is 34.8. The van der Waals surface area contributed by atoms with Gasteiger partial charge < -0.3 is 0 Å². The molecule has 0 fully saturated rings. The summed E-state index contributed by atoms with van der Waals surface area (Å²) in [6.45, 7) is 1.20. The van der Waals surface area contributed by atoms with Gasteiger partial charge in [0.25, 0.3) is 0 Å². The molecule has 3 N–H and O–H groups in total. The second-order valence-corrected chi connectivity index (χ2v) is 7.65. The van der Waals surface area contributed by atoms with E-state index in [1.807, 2.05) is 6.07 Å². The summed E-state index contributed by atoms with van der Waals surface area (Å²) >= 11 is 0. The van der Waals surface area contributed by atoms with Gasteiger partial charge in [-0.2, -0.15) is 0 Å². The van der Waals surface area contributed by atoms with E-state index >= 15 is 0 Å². The summed E-state index contributed by atoms with van der Waals surface area (Å²) in [6.07, 6.45) is 0. The maximum absolute atomic E-state index is 12.5. The summed E-state index contributed by atoms with van der Waals surface area (Å²) in [5.41, 5.74) is 0.494. The summed E-state index contributed by atoms with van der Waals surface area (Å²) in [6, 6.07) is 13.2. The fraction of sp³-hybridized carbons (Fsp3) is 0. The van der Waals surface area contributed by atoms with Crippen molar-refractivity contribution in [2.24, 2.45) is 0 Å². The molecule has 0 aliphatic carbocycles. The molecule has 0 radical (unpaired) electrons. The van der Waals surface area contributed by atoms with Crippen molar-refractivity contribution in [2.45, 2.75) is 0 Å². The Labute approximate surface area is 174 Å². The number of carboxylic acids is 2. The van der Waals surface area contributed by atoms with E-state index in [2.05, 4.69) is 0 Å². The molecule has 0 atom stereocenters. The van der Waals surface area contributed by atoms with Crippen LogP contribution in [-0.2, 0) is 0 Å². The molecular weight excluding hydrogens is 395 g/mol. The summed E-state index contributed by atoms with van der Waals surface area (Å²) in [5.74, 6) is -2.41. The molecule has 7 heteroatoms. The predicted octanol–water partition coefficient (Wildman–Crippen LogP) is 3.84. The number of hydrogen-bond donors (Lipinski definition) is 3. The molecule has 0 saturated heterocycles. The molecule has 5 aromatic rings. The van der Waals surface area contributed by atoms with Gasteiger partial charge in [-0.25, -0.2) is 0 Å². The molecule has 5 aromatic carbocycles. The number of rotatable bonds is 2. The number of aromatic carboxylic acids is 2. The van der Waals surface area contributed by atoms with Gasteiger partial charge in [-0.15, -0.1) is 0 Å². The van der Waals surface area contributed by atoms with Gasteiger partial charge in [0.2, 0.25) is 0 Å². The Morgan fingerprint density at radius 1 is 0.613 bits per heavy atom. The van der Waals surface area contributed by atoms with Crippen molar-refractivity contribution in [3.63, 3.8) is 0 Å². The first kappa shape index (κ1) is 17.6. The third-order valence-corrected chi connectivity index (χ3v) is 6.17. The number of carbonyl (C=O) groups is 3. The van der Waals surface area contributed by atoms with Crippen molar-refractivity contribution in [3.8, 4) is 0 Å². The maximum atomic E-state index is 12.5. The third-order valence-electron chi connectivity index (χ3n) is 6.17. The van der Waals surface area contributed by atoms with Crippen LogP contribution >= 0.6 is 0 Å². The van der Waals surface area contributed by atoms with Crippen molar-refractivity contribution in [1.82, 2.24) is 0 Å². The Balaban J connectivity index is 1.97. The van der Waals surface area contributed by atoms with Crippen LogP contribution in [0.4, 0.5) is 0 Å². The van der Waals surface area contributed by atoms with Crippen LogP contribution in [0.15, 0.2) is 48.5 Å². The first-order valence-corrected chi connectivity index (χ1v) is 9.50. The van der Waals surface area contributed by atoms with Crippen LogP contribution in [-0.4, -0.2) is 45.5 Å². The normalized spacial score (nSPS) is 13.2. The quantitative estimate of drug-likeness (QED) is 0.233. The number of fused-ring (bicyclic) bond motifs is 2. The zero-order valence-corrected chi connectivity index (χ0v) is 15.8. The second kappa shape index (κ2) is 5.67. The number of aliphatic hydroxyl groups excluding tert-OH is 1. The van der Waals surface area contributed by atoms with Crippen molar-refractivity contribution in [3.05, 3.63) is 70.8 Å². The van der Waals surface area contributed by atoms with Gasteiger partial charge in [0.1, 0.15) is 0 Å². The zero-order valence-electron chi connectivity index (χ0n) is 15.8. The number of aliphatic hydroxyl groups is 1. The molecule has 146 valence electrons. The van der Waals surface area contributed by atoms with Crippen molar-refractivity contribution >= 4 is 73.3 Å². The molecule has 0 aromatic heterocycles. The van der Waals surface area contributed by atoms with Crippen LogP contribution in [0.5, 0.6) is 0 Å². The second-order valence-electron chi connectivity index (χ2n) is 7.65. The molecule has 0 amide bonds. The van der Waals surface area contributed by atoms with Crippen LogP contribution in [0.1, 0.15) is 36.6 Å². The summed E-state index contributed by atoms with van der Waals surface area (Å²) in [7, 11) is 0. The average Bonchev–Trinajstić information content (AvgIpc) is 2.75. The zero-order chi connectivity index (χ0) is 21.6. The molecule has 1 heterocycles. The van der Waals surface area contributed by atoms with E-state index in [4.69, 9.17) is 0 Å². The van der Waals surface area contributed by atoms with Gasteiger partial charge in [0.05, 0.1) is 0 Å². The first-order valence-electron chi connectivity index (χ1n) is 9.50. The minimum atomic E-state index is -1.21. The number of benzene rings is 5. The van der Waals surface area contributed by atoms with Gasteiger partial charge >= 0.3 is 174 Å². The third kappa shape index (κ3) is 2.07. The van der Waals surface area contributed by atoms with Gasteiger partial charge in [-0.1, -0.05) is 0 Å². The first-order chi connectivity index (χ1) is 14.9. The van der Waals surface area contributed by atoms with Crippen LogP contribution in [0.3, 0.4) is 0 Å². The number of carboxylic acid groups (broad SMARTS) is 2. The van der Waals surface area contributed by atoms with Crippen LogP contribution in [0.25, 0.3) is 43.1 Å². The molecule has 6 rings (SSSR count). The van der Waals surface area contributed by atoms with E-state index in [0.29, 0.717) is 32.7 Å². The molecule has 1 aliphatic rings. The van der Waals surface area contributed by atoms with Crippen molar-refractivity contribution < 1.29 is 29.7 Å². The van der Waals surface area contributed by atoms with Crippen molar-refractivity contribution in [1.29, 1.82) is 0 Å². The van der Waals surface area contributed by atoms with Crippen LogP contribution in [0, 0.1) is 0 Å². The monoisotopic (exact) mass is 406 g/mol. The molecular formula is C24H11BO6. The Hall–Kier alpha value is -4.26. The van der Waals surface area contributed by atoms with Gasteiger partial charge in [-0.3, -0.25) is 0 Å².